The molecule has 0 atom stereocenters. The van der Waals surface area contributed by atoms with E-state index >= 15 is 0 Å². The molecule has 3 heterocycles. The number of carbonyl (C=O) groups excluding carboxylic acids is 1. The van der Waals surface area contributed by atoms with E-state index in [1.807, 2.05) is 24.3 Å². The van der Waals surface area contributed by atoms with Crippen molar-refractivity contribution in [2.75, 3.05) is 41.4 Å². The van der Waals surface area contributed by atoms with Crippen molar-refractivity contribution in [3.05, 3.63) is 42.0 Å². The van der Waals surface area contributed by atoms with Crippen molar-refractivity contribution in [3.63, 3.8) is 0 Å². The normalized spacial score (nSPS) is 17.3. The van der Waals surface area contributed by atoms with Crippen molar-refractivity contribution in [2.45, 2.75) is 38.5 Å². The number of benzene rings is 1. The lowest BCUT2D eigenvalue weighted by atomic mass is 10.1. The minimum absolute atomic E-state index is 0.182. The lowest BCUT2D eigenvalue weighted by Gasteiger charge is -2.31. The largest absolute Gasteiger partial charge is 0.356 e. The predicted molar refractivity (Wildman–Crippen MR) is 112 cm³/mol. The Morgan fingerprint density at radius 1 is 0.821 bits per heavy atom. The third kappa shape index (κ3) is 4.52. The van der Waals surface area contributed by atoms with Crippen molar-refractivity contribution in [2.24, 2.45) is 0 Å². The van der Waals surface area contributed by atoms with E-state index in [0.29, 0.717) is 11.4 Å². The van der Waals surface area contributed by atoms with Crippen molar-refractivity contribution in [3.8, 4) is 0 Å². The summed E-state index contributed by atoms with van der Waals surface area (Å²) in [4.78, 5) is 26.5. The summed E-state index contributed by atoms with van der Waals surface area (Å²) in [5, 5.41) is 0. The van der Waals surface area contributed by atoms with Gasteiger partial charge in [-0.05, 0) is 50.7 Å². The number of carbonyl (C=O) groups is 1. The second kappa shape index (κ2) is 8.91. The van der Waals surface area contributed by atoms with Gasteiger partial charge in [0.25, 0.3) is 5.91 Å². The zero-order valence-electron chi connectivity index (χ0n) is 16.2. The average molecular weight is 380 g/mol. The van der Waals surface area contributed by atoms with Gasteiger partial charge in [0.15, 0.2) is 5.82 Å². The van der Waals surface area contributed by atoms with E-state index in [1.54, 1.807) is 12.1 Å². The highest BCUT2D eigenvalue weighted by molar-refractivity contribution is 5.94. The minimum Gasteiger partial charge on any atom is -0.356 e. The van der Waals surface area contributed by atoms with Crippen LogP contribution in [0.1, 0.15) is 48.9 Å². The molecular weight excluding hydrogens is 352 g/mol. The van der Waals surface area contributed by atoms with Crippen LogP contribution >= 0.6 is 0 Å². The van der Waals surface area contributed by atoms with Crippen LogP contribution in [0.4, 0.5) is 17.6 Å². The number of nitrogens with one attached hydrogen (secondary N) is 2. The highest BCUT2D eigenvalue weighted by Gasteiger charge is 2.19. The third-order valence-electron chi connectivity index (χ3n) is 5.36. The van der Waals surface area contributed by atoms with Gasteiger partial charge in [-0.25, -0.2) is 0 Å². The monoisotopic (exact) mass is 380 g/mol. The first kappa shape index (κ1) is 18.5. The standard InChI is InChI=1S/C21H28N6O/c28-20(17-10-4-1-5-11-17)25-24-18-16-19(26-12-6-2-7-13-26)23-21(22-18)27-14-8-3-9-15-27/h1,4-5,10-11,16H,2-3,6-9,12-15H2,(H,25,28)(H,22,23,24). The van der Waals surface area contributed by atoms with Gasteiger partial charge in [0, 0.05) is 37.8 Å². The molecule has 7 heteroatoms. The van der Waals surface area contributed by atoms with E-state index in [1.165, 1.54) is 38.5 Å². The number of hydrogen-bond donors (Lipinski definition) is 2. The van der Waals surface area contributed by atoms with Gasteiger partial charge in [-0.3, -0.25) is 15.6 Å². The molecule has 2 aliphatic heterocycles. The molecule has 1 amide bonds. The minimum atomic E-state index is -0.182. The number of rotatable bonds is 5. The molecule has 0 aliphatic carbocycles. The maximum Gasteiger partial charge on any atom is 0.269 e. The fraction of sp³-hybridized carbons (Fsp3) is 0.476. The molecule has 2 aliphatic rings. The van der Waals surface area contributed by atoms with Crippen LogP contribution in [0.15, 0.2) is 36.4 Å². The molecule has 148 valence electrons. The Morgan fingerprint density at radius 2 is 1.46 bits per heavy atom. The Hall–Kier alpha value is -2.83. The van der Waals surface area contributed by atoms with Gasteiger partial charge in [0.1, 0.15) is 5.82 Å². The van der Waals surface area contributed by atoms with Crippen molar-refractivity contribution in [1.29, 1.82) is 0 Å². The maximum absolute atomic E-state index is 12.4. The lowest BCUT2D eigenvalue weighted by Crippen LogP contribution is -2.35. The average Bonchev–Trinajstić information content (AvgIpc) is 2.79. The second-order valence-corrected chi connectivity index (χ2v) is 7.45. The molecule has 0 saturated carbocycles. The van der Waals surface area contributed by atoms with Crippen LogP contribution in [0.5, 0.6) is 0 Å². The molecule has 0 radical (unpaired) electrons. The highest BCUT2D eigenvalue weighted by atomic mass is 16.2. The number of amides is 1. The Balaban J connectivity index is 1.53. The molecule has 0 spiro atoms. The third-order valence-corrected chi connectivity index (χ3v) is 5.36. The molecule has 2 saturated heterocycles. The summed E-state index contributed by atoms with van der Waals surface area (Å²) in [6.07, 6.45) is 7.27. The Labute approximate surface area is 166 Å². The first-order chi connectivity index (χ1) is 13.8. The van der Waals surface area contributed by atoms with Crippen LogP contribution in [0.25, 0.3) is 0 Å². The Kier molecular flexibility index (Phi) is 5.89. The molecule has 7 nitrogen and oxygen atoms in total. The summed E-state index contributed by atoms with van der Waals surface area (Å²) in [6.45, 7) is 4.01. The molecule has 2 fully saturated rings. The molecule has 1 aromatic heterocycles. The van der Waals surface area contributed by atoms with E-state index in [0.717, 1.165) is 37.9 Å². The molecule has 0 bridgehead atoms. The summed E-state index contributed by atoms with van der Waals surface area (Å²) in [6, 6.07) is 11.1. The summed E-state index contributed by atoms with van der Waals surface area (Å²) in [5.41, 5.74) is 6.37. The number of piperidine rings is 2. The number of anilines is 3. The summed E-state index contributed by atoms with van der Waals surface area (Å²) >= 11 is 0. The SMILES string of the molecule is O=C(NNc1cc(N2CCCCC2)nc(N2CCCCC2)n1)c1ccccc1. The van der Waals surface area contributed by atoms with Crippen molar-refractivity contribution >= 4 is 23.5 Å². The Bertz CT molecular complexity index is 748. The van der Waals surface area contributed by atoms with Gasteiger partial charge in [-0.1, -0.05) is 18.2 Å². The predicted octanol–water partition coefficient (Wildman–Crippen LogP) is 3.21. The number of aromatic nitrogens is 2. The van der Waals surface area contributed by atoms with Crippen molar-refractivity contribution < 1.29 is 4.79 Å². The van der Waals surface area contributed by atoms with Gasteiger partial charge >= 0.3 is 0 Å². The number of hydrazine groups is 1. The van der Waals surface area contributed by atoms with E-state index in [9.17, 15) is 4.79 Å². The van der Waals surface area contributed by atoms with Gasteiger partial charge < -0.3 is 9.80 Å². The van der Waals surface area contributed by atoms with E-state index in [-0.39, 0.29) is 5.91 Å². The van der Waals surface area contributed by atoms with Crippen LogP contribution < -0.4 is 20.7 Å². The topological polar surface area (TPSA) is 73.4 Å². The van der Waals surface area contributed by atoms with Gasteiger partial charge in [0.05, 0.1) is 0 Å². The van der Waals surface area contributed by atoms with Crippen LogP contribution in [-0.4, -0.2) is 42.1 Å². The van der Waals surface area contributed by atoms with E-state index < -0.39 is 0 Å². The molecule has 2 aromatic rings. The van der Waals surface area contributed by atoms with Crippen LogP contribution in [-0.2, 0) is 0 Å². The van der Waals surface area contributed by atoms with Crippen molar-refractivity contribution in [1.82, 2.24) is 15.4 Å². The number of hydrogen-bond acceptors (Lipinski definition) is 6. The summed E-state index contributed by atoms with van der Waals surface area (Å²) in [7, 11) is 0. The molecule has 0 unspecified atom stereocenters. The van der Waals surface area contributed by atoms with E-state index in [2.05, 4.69) is 25.6 Å². The lowest BCUT2D eigenvalue weighted by molar-refractivity contribution is 0.0962. The van der Waals surface area contributed by atoms with E-state index in [4.69, 9.17) is 4.98 Å². The van der Waals surface area contributed by atoms with Gasteiger partial charge in [-0.15, -0.1) is 0 Å². The fourth-order valence-electron chi connectivity index (χ4n) is 3.79. The molecule has 1 aromatic carbocycles. The Morgan fingerprint density at radius 3 is 2.14 bits per heavy atom. The second-order valence-electron chi connectivity index (χ2n) is 7.45. The van der Waals surface area contributed by atoms with Crippen LogP contribution in [0.2, 0.25) is 0 Å². The summed E-state index contributed by atoms with van der Waals surface area (Å²) < 4.78 is 0. The zero-order chi connectivity index (χ0) is 19.2. The first-order valence-electron chi connectivity index (χ1n) is 10.3. The molecular formula is C21H28N6O. The summed E-state index contributed by atoms with van der Waals surface area (Å²) in [5.74, 6) is 2.13. The van der Waals surface area contributed by atoms with Crippen LogP contribution in [0, 0.1) is 0 Å². The maximum atomic E-state index is 12.4. The smallest absolute Gasteiger partial charge is 0.269 e. The zero-order valence-corrected chi connectivity index (χ0v) is 16.2. The number of nitrogens with zero attached hydrogens (tertiary/aromatic N) is 4. The molecule has 4 rings (SSSR count). The fourth-order valence-corrected chi connectivity index (χ4v) is 3.79. The quantitative estimate of drug-likeness (QED) is 0.776. The highest BCUT2D eigenvalue weighted by Crippen LogP contribution is 2.25. The molecule has 2 N–H and O–H groups in total. The van der Waals surface area contributed by atoms with Gasteiger partial charge in [0.2, 0.25) is 5.95 Å². The van der Waals surface area contributed by atoms with Gasteiger partial charge in [-0.2, -0.15) is 9.97 Å². The van der Waals surface area contributed by atoms with Crippen LogP contribution in [0.3, 0.4) is 0 Å². The molecule has 28 heavy (non-hydrogen) atoms. The first-order valence-corrected chi connectivity index (χ1v) is 10.3.